The molecule has 1 saturated heterocycles. The van der Waals surface area contributed by atoms with Gasteiger partial charge in [0.25, 0.3) is 15.9 Å². The molecule has 38 heavy (non-hydrogen) atoms. The first-order chi connectivity index (χ1) is 18.4. The summed E-state index contributed by atoms with van der Waals surface area (Å²) in [6, 6.07) is 7.97. The number of thiophene rings is 1. The molecular formula is C27H35N5O4S2. The molecule has 4 heterocycles. The second-order valence-corrected chi connectivity index (χ2v) is 13.1. The maximum atomic E-state index is 13.7. The number of fused-ring (bicyclic) bond motifs is 3. The Morgan fingerprint density at radius 1 is 1.16 bits per heavy atom. The van der Waals surface area contributed by atoms with Gasteiger partial charge in [-0.25, -0.2) is 8.42 Å². The van der Waals surface area contributed by atoms with E-state index in [1.807, 2.05) is 12.1 Å². The van der Waals surface area contributed by atoms with E-state index in [1.165, 1.54) is 34.9 Å². The lowest BCUT2D eigenvalue weighted by Crippen LogP contribution is -2.59. The van der Waals surface area contributed by atoms with Crippen LogP contribution in [0.1, 0.15) is 55.1 Å². The highest BCUT2D eigenvalue weighted by atomic mass is 32.2. The molecule has 1 fully saturated rings. The van der Waals surface area contributed by atoms with Crippen LogP contribution in [0, 0.1) is 0 Å². The molecular weight excluding hydrogens is 522 g/mol. The number of carbonyl (C=O) groups is 2. The summed E-state index contributed by atoms with van der Waals surface area (Å²) < 4.78 is 28.6. The third-order valence-corrected chi connectivity index (χ3v) is 10.7. The van der Waals surface area contributed by atoms with Crippen LogP contribution in [0.25, 0.3) is 10.9 Å². The van der Waals surface area contributed by atoms with Crippen LogP contribution >= 0.6 is 11.3 Å². The topological polar surface area (TPSA) is 115 Å². The molecule has 1 atom stereocenters. The number of hydrogen-bond donors (Lipinski definition) is 3. The molecule has 1 aromatic carbocycles. The lowest BCUT2D eigenvalue weighted by atomic mass is 10.0. The highest BCUT2D eigenvalue weighted by Gasteiger charge is 2.40. The highest BCUT2D eigenvalue weighted by molar-refractivity contribution is 7.91. The number of piperazine rings is 1. The Hall–Kier alpha value is -2.73. The summed E-state index contributed by atoms with van der Waals surface area (Å²) >= 11 is 1.17. The molecule has 2 aromatic heterocycles. The zero-order valence-electron chi connectivity index (χ0n) is 21.7. The number of hydrogen-bond acceptors (Lipinski definition) is 6. The van der Waals surface area contributed by atoms with E-state index in [1.54, 1.807) is 23.6 Å². The van der Waals surface area contributed by atoms with Crippen LogP contribution in [0.15, 0.2) is 39.9 Å². The summed E-state index contributed by atoms with van der Waals surface area (Å²) in [5.41, 5.74) is 2.91. The molecule has 204 valence electrons. The second-order valence-electron chi connectivity index (χ2n) is 10.0. The summed E-state index contributed by atoms with van der Waals surface area (Å²) in [7, 11) is -3.79. The van der Waals surface area contributed by atoms with Gasteiger partial charge < -0.3 is 15.6 Å². The molecule has 0 aliphatic carbocycles. The Morgan fingerprint density at radius 2 is 2.00 bits per heavy atom. The summed E-state index contributed by atoms with van der Waals surface area (Å²) in [5, 5.41) is 8.46. The minimum absolute atomic E-state index is 0.126. The Labute approximate surface area is 227 Å². The highest BCUT2D eigenvalue weighted by Crippen LogP contribution is 2.29. The van der Waals surface area contributed by atoms with Crippen molar-refractivity contribution in [2.75, 3.05) is 38.0 Å². The number of aromatic nitrogens is 1. The summed E-state index contributed by atoms with van der Waals surface area (Å²) in [5.74, 6) is -0.471. The van der Waals surface area contributed by atoms with Crippen molar-refractivity contribution in [2.45, 2.75) is 55.7 Å². The predicted octanol–water partition coefficient (Wildman–Crippen LogP) is 3.80. The van der Waals surface area contributed by atoms with Crippen molar-refractivity contribution in [3.05, 3.63) is 47.0 Å². The molecule has 2 amide bonds. The van der Waals surface area contributed by atoms with E-state index >= 15 is 0 Å². The van der Waals surface area contributed by atoms with Crippen LogP contribution in [0.4, 0.5) is 5.69 Å². The van der Waals surface area contributed by atoms with Gasteiger partial charge in [0.1, 0.15) is 15.9 Å². The third kappa shape index (κ3) is 5.51. The largest absolute Gasteiger partial charge is 0.350 e. The number of benzene rings is 1. The third-order valence-electron chi connectivity index (χ3n) is 7.42. The molecule has 3 N–H and O–H groups in total. The van der Waals surface area contributed by atoms with Crippen molar-refractivity contribution in [1.29, 1.82) is 0 Å². The van der Waals surface area contributed by atoms with E-state index in [0.29, 0.717) is 37.4 Å². The molecule has 5 rings (SSSR count). The van der Waals surface area contributed by atoms with Gasteiger partial charge in [-0.05, 0) is 54.6 Å². The van der Waals surface area contributed by atoms with Gasteiger partial charge in [0.05, 0.1) is 0 Å². The molecule has 0 saturated carbocycles. The van der Waals surface area contributed by atoms with E-state index in [2.05, 4.69) is 27.4 Å². The number of aromatic amines is 1. The van der Waals surface area contributed by atoms with Crippen LogP contribution in [-0.4, -0.2) is 73.2 Å². The zero-order chi connectivity index (χ0) is 26.7. The molecule has 11 heteroatoms. The minimum atomic E-state index is -3.79. The van der Waals surface area contributed by atoms with Crippen LogP contribution in [0.2, 0.25) is 0 Å². The van der Waals surface area contributed by atoms with E-state index < -0.39 is 16.1 Å². The smallest absolute Gasteiger partial charge is 0.268 e. The van der Waals surface area contributed by atoms with E-state index in [4.69, 9.17) is 0 Å². The van der Waals surface area contributed by atoms with Crippen molar-refractivity contribution in [1.82, 2.24) is 19.5 Å². The Bertz CT molecular complexity index is 1400. The molecule has 2 aliphatic rings. The van der Waals surface area contributed by atoms with Crippen molar-refractivity contribution in [3.8, 4) is 0 Å². The first kappa shape index (κ1) is 26.9. The number of nitrogens with zero attached hydrogens (tertiary/aromatic N) is 2. The average Bonchev–Trinajstić information content (AvgIpc) is 3.58. The molecule has 0 radical (unpaired) electrons. The van der Waals surface area contributed by atoms with Crippen molar-refractivity contribution in [2.24, 2.45) is 0 Å². The monoisotopic (exact) mass is 557 g/mol. The van der Waals surface area contributed by atoms with Crippen molar-refractivity contribution >= 4 is 49.8 Å². The SMILES string of the molecule is CCCCCCCN1CCN(S(=O)(=O)c2cccs2)C(C(=O)Nc2ccc3[nH]c4c(c3c2)CCNC4=O)C1. The van der Waals surface area contributed by atoms with E-state index in [9.17, 15) is 18.0 Å². The van der Waals surface area contributed by atoms with Crippen LogP contribution in [-0.2, 0) is 21.2 Å². The minimum Gasteiger partial charge on any atom is -0.350 e. The Kier molecular flexibility index (Phi) is 8.18. The van der Waals surface area contributed by atoms with Gasteiger partial charge in [-0.1, -0.05) is 38.7 Å². The van der Waals surface area contributed by atoms with Crippen LogP contribution in [0.3, 0.4) is 0 Å². The van der Waals surface area contributed by atoms with Gasteiger partial charge in [-0.15, -0.1) is 11.3 Å². The fourth-order valence-corrected chi connectivity index (χ4v) is 8.08. The average molecular weight is 558 g/mol. The number of carbonyl (C=O) groups excluding carboxylic acids is 2. The number of nitrogens with one attached hydrogen (secondary N) is 3. The number of rotatable bonds is 10. The maximum Gasteiger partial charge on any atom is 0.268 e. The van der Waals surface area contributed by atoms with Gasteiger partial charge >= 0.3 is 0 Å². The van der Waals surface area contributed by atoms with Crippen molar-refractivity contribution < 1.29 is 18.0 Å². The molecule has 3 aromatic rings. The second kappa shape index (κ2) is 11.6. The predicted molar refractivity (Wildman–Crippen MR) is 150 cm³/mol. The first-order valence-electron chi connectivity index (χ1n) is 13.4. The van der Waals surface area contributed by atoms with Gasteiger partial charge in [0, 0.05) is 42.8 Å². The summed E-state index contributed by atoms with van der Waals surface area (Å²) in [6.45, 7) is 4.84. The Morgan fingerprint density at radius 3 is 2.79 bits per heavy atom. The van der Waals surface area contributed by atoms with E-state index in [-0.39, 0.29) is 22.6 Å². The quantitative estimate of drug-likeness (QED) is 0.328. The molecule has 2 aliphatic heterocycles. The fraction of sp³-hybridized carbons (Fsp3) is 0.481. The number of H-pyrrole nitrogens is 1. The summed E-state index contributed by atoms with van der Waals surface area (Å²) in [6.07, 6.45) is 6.48. The van der Waals surface area contributed by atoms with Crippen LogP contribution in [0.5, 0.6) is 0 Å². The summed E-state index contributed by atoms with van der Waals surface area (Å²) in [4.78, 5) is 31.3. The molecule has 9 nitrogen and oxygen atoms in total. The van der Waals surface area contributed by atoms with Gasteiger partial charge in [0.2, 0.25) is 5.91 Å². The lowest BCUT2D eigenvalue weighted by molar-refractivity contribution is -0.121. The zero-order valence-corrected chi connectivity index (χ0v) is 23.3. The molecule has 0 bridgehead atoms. The van der Waals surface area contributed by atoms with Gasteiger partial charge in [-0.2, -0.15) is 4.31 Å². The lowest BCUT2D eigenvalue weighted by Gasteiger charge is -2.39. The Balaban J connectivity index is 1.36. The first-order valence-corrected chi connectivity index (χ1v) is 15.7. The maximum absolute atomic E-state index is 13.7. The van der Waals surface area contributed by atoms with Crippen LogP contribution < -0.4 is 10.6 Å². The number of sulfonamides is 1. The standard InChI is InChI=1S/C27H35N5O4S2/c1-2-3-4-5-6-13-31-14-15-32(38(35,36)24-8-7-16-37-24)23(18-31)26(33)29-19-9-10-22-21(17-19)20-11-12-28-27(34)25(20)30-22/h7-10,16-17,23,30H,2-6,11-15,18H2,1H3,(H,28,34)(H,29,33). The number of amides is 2. The number of anilines is 1. The van der Waals surface area contributed by atoms with Gasteiger partial charge in [-0.3, -0.25) is 14.5 Å². The van der Waals surface area contributed by atoms with Crippen molar-refractivity contribution in [3.63, 3.8) is 0 Å². The molecule has 0 spiro atoms. The number of unbranched alkanes of at least 4 members (excludes halogenated alkanes) is 4. The normalized spacial score (nSPS) is 18.9. The fourth-order valence-electron chi connectivity index (χ4n) is 5.39. The molecule has 1 unspecified atom stereocenters. The van der Waals surface area contributed by atoms with E-state index in [0.717, 1.165) is 35.9 Å². The van der Waals surface area contributed by atoms with Gasteiger partial charge in [0.15, 0.2) is 0 Å².